The number of halogens is 3. The fourth-order valence-corrected chi connectivity index (χ4v) is 3.44. The lowest BCUT2D eigenvalue weighted by Gasteiger charge is -2.16. The van der Waals surface area contributed by atoms with Crippen LogP contribution in [-0.4, -0.2) is 38.8 Å². The molecular formula is C21H18F3N7O. The van der Waals surface area contributed by atoms with Crippen molar-refractivity contribution in [2.24, 2.45) is 5.73 Å². The highest BCUT2D eigenvalue weighted by Crippen LogP contribution is 2.37. The van der Waals surface area contributed by atoms with Crippen molar-refractivity contribution in [1.82, 2.24) is 20.2 Å². The van der Waals surface area contributed by atoms with Crippen LogP contribution in [0.1, 0.15) is 16.1 Å². The van der Waals surface area contributed by atoms with Crippen LogP contribution in [0.2, 0.25) is 0 Å². The number of nitrogens with zero attached hydrogens (tertiary/aromatic N) is 3. The number of nitrogen functional groups attached to an aromatic ring is 1. The van der Waals surface area contributed by atoms with E-state index >= 15 is 0 Å². The minimum Gasteiger partial charge on any atom is -0.395 e. The number of nitrogens with two attached hydrogens (primary N) is 2. The van der Waals surface area contributed by atoms with Crippen LogP contribution >= 0.6 is 0 Å². The maximum atomic E-state index is 12.8. The Bertz CT molecular complexity index is 1330. The van der Waals surface area contributed by atoms with Crippen LogP contribution in [0.15, 0.2) is 42.6 Å². The molecule has 4 aromatic rings. The van der Waals surface area contributed by atoms with Crippen LogP contribution in [0.25, 0.3) is 33.5 Å². The zero-order valence-electron chi connectivity index (χ0n) is 16.8. The van der Waals surface area contributed by atoms with Crippen molar-refractivity contribution in [3.05, 3.63) is 53.9 Å². The molecule has 32 heavy (non-hydrogen) atoms. The fraction of sp³-hybridized carbons (Fsp3) is 0.143. The van der Waals surface area contributed by atoms with Gasteiger partial charge in [0.1, 0.15) is 6.54 Å². The number of H-pyrrole nitrogens is 1. The topological polar surface area (TPSA) is 136 Å². The summed E-state index contributed by atoms with van der Waals surface area (Å²) in [7, 11) is 0. The van der Waals surface area contributed by atoms with E-state index in [2.05, 4.69) is 25.5 Å². The first-order valence-corrected chi connectivity index (χ1v) is 9.46. The molecule has 164 valence electrons. The highest BCUT2D eigenvalue weighted by atomic mass is 19.4. The van der Waals surface area contributed by atoms with E-state index in [0.717, 1.165) is 11.1 Å². The zero-order valence-corrected chi connectivity index (χ0v) is 16.8. The molecule has 0 radical (unpaired) electrons. The first-order chi connectivity index (χ1) is 15.2. The van der Waals surface area contributed by atoms with Crippen LogP contribution in [0, 0.1) is 6.92 Å². The molecule has 0 unspecified atom stereocenters. The number of aromatic amines is 1. The SMILES string of the molecule is Cc1ccc2[nH]ncc2c1-c1nc(-c2ccccc2NCC(F)(F)F)nc(C(N)=O)c1N. The maximum absolute atomic E-state index is 12.8. The van der Waals surface area contributed by atoms with E-state index in [-0.39, 0.29) is 34.2 Å². The molecule has 2 aromatic carbocycles. The van der Waals surface area contributed by atoms with Gasteiger partial charge in [-0.1, -0.05) is 18.2 Å². The standard InChI is InChI=1S/C21H18F3N7O/c1-10-6-7-14-12(8-28-31-14)15(10)17-16(25)18(19(26)32)30-20(29-17)11-4-2-3-5-13(11)27-9-21(22,23)24/h2-8,27H,9,25H2,1H3,(H2,26,32)(H,28,31). The minimum atomic E-state index is -4.42. The molecule has 2 heterocycles. The molecule has 0 aliphatic rings. The molecule has 8 nitrogen and oxygen atoms in total. The molecule has 0 saturated carbocycles. The first kappa shape index (κ1) is 21.1. The lowest BCUT2D eigenvalue weighted by Crippen LogP contribution is -2.22. The van der Waals surface area contributed by atoms with Gasteiger partial charge in [-0.15, -0.1) is 0 Å². The molecule has 0 spiro atoms. The maximum Gasteiger partial charge on any atom is 0.405 e. The largest absolute Gasteiger partial charge is 0.405 e. The lowest BCUT2D eigenvalue weighted by molar-refractivity contribution is -0.115. The Balaban J connectivity index is 1.95. The first-order valence-electron chi connectivity index (χ1n) is 9.46. The van der Waals surface area contributed by atoms with E-state index in [1.54, 1.807) is 24.4 Å². The normalized spacial score (nSPS) is 11.6. The van der Waals surface area contributed by atoms with Crippen molar-refractivity contribution in [2.45, 2.75) is 13.1 Å². The monoisotopic (exact) mass is 441 g/mol. The highest BCUT2D eigenvalue weighted by Gasteiger charge is 2.27. The molecular weight excluding hydrogens is 423 g/mol. The quantitative estimate of drug-likeness (QED) is 0.373. The zero-order chi connectivity index (χ0) is 23.0. The van der Waals surface area contributed by atoms with Crippen molar-refractivity contribution in [1.29, 1.82) is 0 Å². The number of rotatable bonds is 5. The van der Waals surface area contributed by atoms with Gasteiger partial charge in [0.25, 0.3) is 5.91 Å². The number of anilines is 2. The number of carbonyl (C=O) groups is 1. The molecule has 1 amide bonds. The van der Waals surface area contributed by atoms with Crippen molar-refractivity contribution in [3.8, 4) is 22.6 Å². The third-order valence-corrected chi connectivity index (χ3v) is 4.90. The van der Waals surface area contributed by atoms with E-state index in [1.165, 1.54) is 6.07 Å². The molecule has 2 aromatic heterocycles. The number of amides is 1. The predicted octanol–water partition coefficient (Wildman–Crippen LogP) is 3.65. The number of hydrogen-bond donors (Lipinski definition) is 4. The van der Waals surface area contributed by atoms with Crippen molar-refractivity contribution in [2.75, 3.05) is 17.6 Å². The number of hydrogen-bond acceptors (Lipinski definition) is 6. The van der Waals surface area contributed by atoms with Gasteiger partial charge < -0.3 is 16.8 Å². The number of aromatic nitrogens is 4. The Morgan fingerprint density at radius 2 is 1.91 bits per heavy atom. The summed E-state index contributed by atoms with van der Waals surface area (Å²) in [5.41, 5.74) is 14.2. The Labute approximate surface area is 179 Å². The molecule has 0 fully saturated rings. The van der Waals surface area contributed by atoms with Gasteiger partial charge in [-0.3, -0.25) is 9.89 Å². The van der Waals surface area contributed by atoms with Gasteiger partial charge in [-0.2, -0.15) is 18.3 Å². The average molecular weight is 441 g/mol. The van der Waals surface area contributed by atoms with Crippen LogP contribution in [-0.2, 0) is 0 Å². The summed E-state index contributed by atoms with van der Waals surface area (Å²) in [5, 5.41) is 9.95. The molecule has 0 aliphatic carbocycles. The number of benzene rings is 2. The van der Waals surface area contributed by atoms with Crippen LogP contribution in [0.3, 0.4) is 0 Å². The number of aryl methyl sites for hydroxylation is 1. The number of fused-ring (bicyclic) bond motifs is 1. The van der Waals surface area contributed by atoms with Crippen molar-refractivity contribution in [3.63, 3.8) is 0 Å². The second kappa shape index (κ2) is 7.84. The fourth-order valence-electron chi connectivity index (χ4n) is 3.44. The van der Waals surface area contributed by atoms with Gasteiger partial charge >= 0.3 is 6.18 Å². The van der Waals surface area contributed by atoms with Crippen LogP contribution < -0.4 is 16.8 Å². The Morgan fingerprint density at radius 1 is 1.16 bits per heavy atom. The molecule has 11 heteroatoms. The van der Waals surface area contributed by atoms with E-state index in [4.69, 9.17) is 11.5 Å². The summed E-state index contributed by atoms with van der Waals surface area (Å²) in [5.74, 6) is -0.877. The number of primary amides is 1. The van der Waals surface area contributed by atoms with Crippen molar-refractivity contribution >= 4 is 28.2 Å². The minimum absolute atomic E-state index is 0.00757. The summed E-state index contributed by atoms with van der Waals surface area (Å²) in [6, 6.07) is 9.88. The summed E-state index contributed by atoms with van der Waals surface area (Å²) in [6.45, 7) is 0.591. The highest BCUT2D eigenvalue weighted by molar-refractivity contribution is 6.04. The van der Waals surface area contributed by atoms with Gasteiger partial charge in [0.05, 0.1) is 23.1 Å². The number of alkyl halides is 3. The third-order valence-electron chi connectivity index (χ3n) is 4.90. The summed E-state index contributed by atoms with van der Waals surface area (Å²) < 4.78 is 38.3. The van der Waals surface area contributed by atoms with Gasteiger partial charge in [0.15, 0.2) is 11.5 Å². The third kappa shape index (κ3) is 3.92. The molecule has 0 aliphatic heterocycles. The summed E-state index contributed by atoms with van der Waals surface area (Å²) in [6.07, 6.45) is -2.83. The number of carbonyl (C=O) groups excluding carboxylic acids is 1. The smallest absolute Gasteiger partial charge is 0.395 e. The summed E-state index contributed by atoms with van der Waals surface area (Å²) >= 11 is 0. The number of nitrogens with one attached hydrogen (secondary N) is 2. The second-order valence-electron chi connectivity index (χ2n) is 7.13. The summed E-state index contributed by atoms with van der Waals surface area (Å²) in [4.78, 5) is 20.8. The molecule has 0 atom stereocenters. The second-order valence-corrected chi connectivity index (χ2v) is 7.13. The van der Waals surface area contributed by atoms with Gasteiger partial charge in [-0.05, 0) is 30.7 Å². The average Bonchev–Trinajstić information content (AvgIpc) is 3.21. The lowest BCUT2D eigenvalue weighted by atomic mass is 9.99. The molecule has 4 rings (SSSR count). The van der Waals surface area contributed by atoms with Gasteiger partial charge in [-0.25, -0.2) is 9.97 Å². The van der Waals surface area contributed by atoms with E-state index in [9.17, 15) is 18.0 Å². The van der Waals surface area contributed by atoms with E-state index in [0.29, 0.717) is 10.9 Å². The van der Waals surface area contributed by atoms with Crippen LogP contribution in [0.5, 0.6) is 0 Å². The Hall–Kier alpha value is -4.15. The Morgan fingerprint density at radius 3 is 2.62 bits per heavy atom. The van der Waals surface area contributed by atoms with Crippen molar-refractivity contribution < 1.29 is 18.0 Å². The van der Waals surface area contributed by atoms with Gasteiger partial charge in [0.2, 0.25) is 0 Å². The van der Waals surface area contributed by atoms with Gasteiger partial charge in [0, 0.05) is 22.2 Å². The van der Waals surface area contributed by atoms with E-state index in [1.807, 2.05) is 19.1 Å². The predicted molar refractivity (Wildman–Crippen MR) is 115 cm³/mol. The number of para-hydroxylation sites is 1. The molecule has 6 N–H and O–H groups in total. The van der Waals surface area contributed by atoms with Crippen LogP contribution in [0.4, 0.5) is 24.5 Å². The van der Waals surface area contributed by atoms with E-state index < -0.39 is 18.6 Å². The molecule has 0 bridgehead atoms. The molecule has 0 saturated heterocycles. The Kier molecular flexibility index (Phi) is 5.17.